The number of carbonyl (C=O) groups excluding carboxylic acids is 2. The van der Waals surface area contributed by atoms with E-state index >= 15 is 0 Å². The summed E-state index contributed by atoms with van der Waals surface area (Å²) in [6.07, 6.45) is 0. The van der Waals surface area contributed by atoms with Gasteiger partial charge in [0.15, 0.2) is 11.6 Å². The van der Waals surface area contributed by atoms with Crippen LogP contribution in [0.4, 0.5) is 5.69 Å². The molecule has 0 bridgehead atoms. The molecule has 0 saturated carbocycles. The number of nitrogen functional groups attached to an aromatic ring is 1. The highest BCUT2D eigenvalue weighted by atomic mass is 16.1. The van der Waals surface area contributed by atoms with E-state index in [1.54, 1.807) is 30.3 Å². The summed E-state index contributed by atoms with van der Waals surface area (Å²) in [5.41, 5.74) is 9.53. The van der Waals surface area contributed by atoms with Gasteiger partial charge in [0.2, 0.25) is 0 Å². The van der Waals surface area contributed by atoms with Crippen molar-refractivity contribution < 1.29 is 9.59 Å². The molecule has 23 heavy (non-hydrogen) atoms. The standard InChI is InChI=1S/C20H13NO2/c21-16-11-5-10-15-18(16)20(23)14-9-4-8-13(17(14)19(15)22)12-6-2-1-3-7-12/h1-11H,21H2. The third kappa shape index (κ3) is 1.90. The molecule has 0 amide bonds. The Labute approximate surface area is 133 Å². The van der Waals surface area contributed by atoms with E-state index in [9.17, 15) is 9.59 Å². The Kier molecular flexibility index (Phi) is 2.88. The lowest BCUT2D eigenvalue weighted by atomic mass is 9.80. The van der Waals surface area contributed by atoms with E-state index in [1.807, 2.05) is 36.4 Å². The summed E-state index contributed by atoms with van der Waals surface area (Å²) >= 11 is 0. The van der Waals surface area contributed by atoms with E-state index in [0.717, 1.165) is 11.1 Å². The molecule has 3 aromatic carbocycles. The fourth-order valence-electron chi connectivity index (χ4n) is 3.13. The fraction of sp³-hybridized carbons (Fsp3) is 0. The first kappa shape index (κ1) is 13.5. The second-order valence-electron chi connectivity index (χ2n) is 5.52. The molecule has 0 radical (unpaired) electrons. The summed E-state index contributed by atoms with van der Waals surface area (Å²) in [4.78, 5) is 25.8. The van der Waals surface area contributed by atoms with Gasteiger partial charge < -0.3 is 5.73 Å². The van der Waals surface area contributed by atoms with Crippen molar-refractivity contribution in [1.82, 2.24) is 0 Å². The van der Waals surface area contributed by atoms with Gasteiger partial charge in [-0.15, -0.1) is 0 Å². The Balaban J connectivity index is 2.03. The highest BCUT2D eigenvalue weighted by Gasteiger charge is 2.32. The van der Waals surface area contributed by atoms with Crippen LogP contribution in [0.25, 0.3) is 11.1 Å². The summed E-state index contributed by atoms with van der Waals surface area (Å²) in [6.45, 7) is 0. The minimum Gasteiger partial charge on any atom is -0.398 e. The van der Waals surface area contributed by atoms with Gasteiger partial charge in [-0.1, -0.05) is 60.7 Å². The minimum absolute atomic E-state index is 0.152. The van der Waals surface area contributed by atoms with E-state index in [4.69, 9.17) is 5.73 Å². The number of benzene rings is 3. The average molecular weight is 299 g/mol. The average Bonchev–Trinajstić information content (AvgIpc) is 2.59. The van der Waals surface area contributed by atoms with Crippen molar-refractivity contribution in [2.24, 2.45) is 0 Å². The summed E-state index contributed by atoms with van der Waals surface area (Å²) < 4.78 is 0. The Bertz CT molecular complexity index is 959. The molecule has 4 rings (SSSR count). The molecule has 1 aliphatic carbocycles. The maximum Gasteiger partial charge on any atom is 0.196 e. The van der Waals surface area contributed by atoms with Crippen molar-refractivity contribution in [1.29, 1.82) is 0 Å². The molecule has 2 N–H and O–H groups in total. The Hall–Kier alpha value is -3.20. The predicted octanol–water partition coefficient (Wildman–Crippen LogP) is 3.71. The van der Waals surface area contributed by atoms with Gasteiger partial charge in [-0.3, -0.25) is 9.59 Å². The van der Waals surface area contributed by atoms with E-state index in [-0.39, 0.29) is 11.6 Å². The third-order valence-electron chi connectivity index (χ3n) is 4.19. The molecule has 3 heteroatoms. The van der Waals surface area contributed by atoms with Gasteiger partial charge in [0.1, 0.15) is 0 Å². The maximum atomic E-state index is 13.0. The van der Waals surface area contributed by atoms with Crippen LogP contribution in [0.5, 0.6) is 0 Å². The Morgan fingerprint density at radius 1 is 0.565 bits per heavy atom. The normalized spacial score (nSPS) is 12.7. The molecule has 3 nitrogen and oxygen atoms in total. The van der Waals surface area contributed by atoms with Gasteiger partial charge in [0.05, 0.1) is 5.56 Å². The zero-order valence-corrected chi connectivity index (χ0v) is 12.2. The van der Waals surface area contributed by atoms with Crippen molar-refractivity contribution in [3.63, 3.8) is 0 Å². The summed E-state index contributed by atoms with van der Waals surface area (Å²) in [5.74, 6) is -0.341. The highest BCUT2D eigenvalue weighted by Crippen LogP contribution is 2.36. The van der Waals surface area contributed by atoms with Crippen LogP contribution < -0.4 is 5.73 Å². The molecule has 0 aromatic heterocycles. The number of nitrogens with two attached hydrogens (primary N) is 1. The SMILES string of the molecule is Nc1cccc2c1C(=O)c1cccc(-c3ccccc3)c1C2=O. The first-order valence-corrected chi connectivity index (χ1v) is 7.35. The van der Waals surface area contributed by atoms with Crippen molar-refractivity contribution in [3.8, 4) is 11.1 Å². The topological polar surface area (TPSA) is 60.2 Å². The van der Waals surface area contributed by atoms with Crippen LogP contribution in [0.1, 0.15) is 31.8 Å². The molecule has 1 aliphatic rings. The number of carbonyl (C=O) groups is 2. The number of hydrogen-bond donors (Lipinski definition) is 1. The second-order valence-corrected chi connectivity index (χ2v) is 5.52. The smallest absolute Gasteiger partial charge is 0.196 e. The van der Waals surface area contributed by atoms with Crippen molar-refractivity contribution in [3.05, 3.63) is 89.0 Å². The number of fused-ring (bicyclic) bond motifs is 2. The van der Waals surface area contributed by atoms with E-state index in [1.165, 1.54) is 0 Å². The van der Waals surface area contributed by atoms with E-state index in [2.05, 4.69) is 0 Å². The van der Waals surface area contributed by atoms with Crippen LogP contribution in [-0.2, 0) is 0 Å². The van der Waals surface area contributed by atoms with Crippen molar-refractivity contribution >= 4 is 17.3 Å². The van der Waals surface area contributed by atoms with Crippen LogP contribution in [0.3, 0.4) is 0 Å². The molecule has 0 unspecified atom stereocenters. The zero-order chi connectivity index (χ0) is 16.0. The van der Waals surface area contributed by atoms with Gasteiger partial charge in [-0.2, -0.15) is 0 Å². The summed E-state index contributed by atoms with van der Waals surface area (Å²) in [7, 11) is 0. The van der Waals surface area contributed by atoms with Gasteiger partial charge in [-0.25, -0.2) is 0 Å². The lowest BCUT2D eigenvalue weighted by molar-refractivity contribution is 0.0980. The minimum atomic E-state index is -0.189. The van der Waals surface area contributed by atoms with Crippen molar-refractivity contribution in [2.45, 2.75) is 0 Å². The quantitative estimate of drug-likeness (QED) is 0.545. The predicted molar refractivity (Wildman–Crippen MR) is 89.6 cm³/mol. The number of anilines is 1. The summed E-state index contributed by atoms with van der Waals surface area (Å²) in [6, 6.07) is 20.0. The molecule has 0 aliphatic heterocycles. The van der Waals surface area contributed by atoms with Crippen LogP contribution in [0.15, 0.2) is 66.7 Å². The van der Waals surface area contributed by atoms with Gasteiger partial charge in [0, 0.05) is 22.4 Å². The molecule has 0 fully saturated rings. The Morgan fingerprint density at radius 3 is 1.87 bits per heavy atom. The van der Waals surface area contributed by atoms with E-state index < -0.39 is 0 Å². The molecule has 0 atom stereocenters. The molecular formula is C20H13NO2. The largest absolute Gasteiger partial charge is 0.398 e. The van der Waals surface area contributed by atoms with Crippen molar-refractivity contribution in [2.75, 3.05) is 5.73 Å². The lowest BCUT2D eigenvalue weighted by Crippen LogP contribution is -2.23. The summed E-state index contributed by atoms with van der Waals surface area (Å²) in [5, 5.41) is 0. The highest BCUT2D eigenvalue weighted by molar-refractivity contribution is 6.31. The Morgan fingerprint density at radius 2 is 1.13 bits per heavy atom. The molecular weight excluding hydrogens is 286 g/mol. The van der Waals surface area contributed by atoms with Crippen LogP contribution in [0.2, 0.25) is 0 Å². The second kappa shape index (κ2) is 4.92. The number of hydrogen-bond acceptors (Lipinski definition) is 3. The zero-order valence-electron chi connectivity index (χ0n) is 12.2. The van der Waals surface area contributed by atoms with Gasteiger partial charge in [0.25, 0.3) is 0 Å². The third-order valence-corrected chi connectivity index (χ3v) is 4.19. The monoisotopic (exact) mass is 299 g/mol. The molecule has 3 aromatic rings. The first-order valence-electron chi connectivity index (χ1n) is 7.35. The van der Waals surface area contributed by atoms with Gasteiger partial charge in [-0.05, 0) is 17.2 Å². The molecule has 0 heterocycles. The van der Waals surface area contributed by atoms with E-state index in [0.29, 0.717) is 27.9 Å². The number of ketones is 2. The first-order chi connectivity index (χ1) is 11.2. The van der Waals surface area contributed by atoms with Crippen LogP contribution in [-0.4, -0.2) is 11.6 Å². The fourth-order valence-corrected chi connectivity index (χ4v) is 3.13. The maximum absolute atomic E-state index is 13.0. The number of rotatable bonds is 1. The van der Waals surface area contributed by atoms with Crippen LogP contribution in [0, 0.1) is 0 Å². The lowest BCUT2D eigenvalue weighted by Gasteiger charge is -2.21. The van der Waals surface area contributed by atoms with Crippen LogP contribution >= 0.6 is 0 Å². The molecule has 0 spiro atoms. The molecule has 110 valence electrons. The van der Waals surface area contributed by atoms with Gasteiger partial charge >= 0.3 is 0 Å². The molecule has 0 saturated heterocycles.